The van der Waals surface area contributed by atoms with E-state index in [2.05, 4.69) is 10.3 Å². The van der Waals surface area contributed by atoms with Crippen molar-refractivity contribution in [3.63, 3.8) is 0 Å². The Morgan fingerprint density at radius 3 is 2.74 bits per heavy atom. The number of hydrogen-bond acceptors (Lipinski definition) is 3. The highest BCUT2D eigenvalue weighted by molar-refractivity contribution is 5.97. The van der Waals surface area contributed by atoms with Gasteiger partial charge in [-0.3, -0.25) is 4.79 Å². The Morgan fingerprint density at radius 2 is 2.05 bits per heavy atom. The van der Waals surface area contributed by atoms with Crippen molar-refractivity contribution >= 4 is 28.5 Å². The summed E-state index contributed by atoms with van der Waals surface area (Å²) in [6.07, 6.45) is 0.430. The molecule has 1 aromatic carbocycles. The number of aromatic nitrogens is 1. The van der Waals surface area contributed by atoms with Crippen LogP contribution in [0.25, 0.3) is 10.9 Å². The highest BCUT2D eigenvalue weighted by Crippen LogP contribution is 2.20. The summed E-state index contributed by atoms with van der Waals surface area (Å²) in [6, 6.07) is 7.15. The van der Waals surface area contributed by atoms with Crippen LogP contribution in [0.5, 0.6) is 0 Å². The number of ether oxygens (including phenoxy) is 1. The molecule has 0 aliphatic rings. The first-order valence-electron chi connectivity index (χ1n) is 6.23. The molecule has 0 radical (unpaired) electrons. The summed E-state index contributed by atoms with van der Waals surface area (Å²) in [4.78, 5) is 25.9. The molecule has 0 saturated carbocycles. The summed E-state index contributed by atoms with van der Waals surface area (Å²) in [5.74, 6) is -0.418. The molecule has 0 bridgehead atoms. The second kappa shape index (κ2) is 5.56. The number of H-pyrrole nitrogens is 1. The van der Waals surface area contributed by atoms with Crippen molar-refractivity contribution in [2.45, 2.75) is 20.3 Å². The monoisotopic (exact) mass is 260 g/mol. The number of anilines is 1. The molecule has 0 unspecified atom stereocenters. The minimum atomic E-state index is -0.377. The Labute approximate surface area is 110 Å². The Balaban J connectivity index is 2.28. The molecule has 2 rings (SSSR count). The third-order valence-electron chi connectivity index (χ3n) is 2.72. The molecule has 5 nitrogen and oxygen atoms in total. The van der Waals surface area contributed by atoms with Gasteiger partial charge in [-0.05, 0) is 31.2 Å². The maximum Gasteiger partial charge on any atom is 0.354 e. The number of carbonyl (C=O) groups is 2. The Morgan fingerprint density at radius 1 is 1.26 bits per heavy atom. The molecule has 0 aliphatic carbocycles. The molecule has 2 aromatic rings. The highest BCUT2D eigenvalue weighted by atomic mass is 16.5. The van der Waals surface area contributed by atoms with E-state index >= 15 is 0 Å². The highest BCUT2D eigenvalue weighted by Gasteiger charge is 2.10. The number of hydrogen-bond donors (Lipinski definition) is 2. The van der Waals surface area contributed by atoms with E-state index in [1.54, 1.807) is 26.0 Å². The molecule has 5 heteroatoms. The Hall–Kier alpha value is -2.30. The van der Waals surface area contributed by atoms with Crippen molar-refractivity contribution < 1.29 is 14.3 Å². The van der Waals surface area contributed by atoms with Gasteiger partial charge in [0.15, 0.2) is 0 Å². The zero-order chi connectivity index (χ0) is 13.8. The molecular formula is C14H16N2O3. The van der Waals surface area contributed by atoms with Gasteiger partial charge in [-0.25, -0.2) is 4.79 Å². The minimum Gasteiger partial charge on any atom is -0.461 e. The first kappa shape index (κ1) is 13.1. The summed E-state index contributed by atoms with van der Waals surface area (Å²) in [6.45, 7) is 3.90. The third-order valence-corrected chi connectivity index (χ3v) is 2.72. The van der Waals surface area contributed by atoms with E-state index < -0.39 is 0 Å². The minimum absolute atomic E-state index is 0.0412. The largest absolute Gasteiger partial charge is 0.461 e. The molecule has 0 fully saturated rings. The number of benzene rings is 1. The molecule has 100 valence electrons. The number of esters is 1. The fraction of sp³-hybridized carbons (Fsp3) is 0.286. The summed E-state index contributed by atoms with van der Waals surface area (Å²) in [5.41, 5.74) is 1.96. The Bertz CT molecular complexity index is 616. The summed E-state index contributed by atoms with van der Waals surface area (Å²) in [7, 11) is 0. The number of fused-ring (bicyclic) bond motifs is 1. The van der Waals surface area contributed by atoms with Gasteiger partial charge in [0.05, 0.1) is 6.61 Å². The van der Waals surface area contributed by atoms with Gasteiger partial charge in [-0.15, -0.1) is 0 Å². The maximum absolute atomic E-state index is 11.6. The lowest BCUT2D eigenvalue weighted by Crippen LogP contribution is -2.08. The quantitative estimate of drug-likeness (QED) is 0.830. The van der Waals surface area contributed by atoms with Crippen molar-refractivity contribution in [1.82, 2.24) is 4.98 Å². The number of rotatable bonds is 4. The fourth-order valence-corrected chi connectivity index (χ4v) is 1.78. The lowest BCUT2D eigenvalue weighted by molar-refractivity contribution is -0.115. The molecule has 0 saturated heterocycles. The number of amides is 1. The molecule has 0 spiro atoms. The lowest BCUT2D eigenvalue weighted by atomic mass is 10.2. The normalized spacial score (nSPS) is 10.4. The van der Waals surface area contributed by atoms with Crippen molar-refractivity contribution in [3.8, 4) is 0 Å². The molecule has 1 heterocycles. The van der Waals surface area contributed by atoms with Crippen molar-refractivity contribution in [2.75, 3.05) is 11.9 Å². The number of nitrogens with one attached hydrogen (secondary N) is 2. The average Bonchev–Trinajstić information content (AvgIpc) is 2.82. The summed E-state index contributed by atoms with van der Waals surface area (Å²) < 4.78 is 4.93. The van der Waals surface area contributed by atoms with Crippen molar-refractivity contribution in [3.05, 3.63) is 30.0 Å². The summed E-state index contributed by atoms with van der Waals surface area (Å²) >= 11 is 0. The van der Waals surface area contributed by atoms with E-state index in [-0.39, 0.29) is 11.9 Å². The number of aromatic amines is 1. The Kier molecular flexibility index (Phi) is 3.85. The van der Waals surface area contributed by atoms with E-state index in [1.165, 1.54) is 0 Å². The van der Waals surface area contributed by atoms with Gasteiger partial charge < -0.3 is 15.0 Å². The predicted octanol–water partition coefficient (Wildman–Crippen LogP) is 2.69. The maximum atomic E-state index is 11.6. The fourth-order valence-electron chi connectivity index (χ4n) is 1.78. The van der Waals surface area contributed by atoms with Crippen LogP contribution in [0.4, 0.5) is 5.69 Å². The molecule has 2 N–H and O–H groups in total. The predicted molar refractivity (Wildman–Crippen MR) is 73.2 cm³/mol. The van der Waals surface area contributed by atoms with Gasteiger partial charge in [-0.1, -0.05) is 6.92 Å². The van der Waals surface area contributed by atoms with Gasteiger partial charge in [0.25, 0.3) is 0 Å². The molecule has 1 amide bonds. The zero-order valence-electron chi connectivity index (χ0n) is 10.9. The van der Waals surface area contributed by atoms with Crippen molar-refractivity contribution in [2.24, 2.45) is 0 Å². The van der Waals surface area contributed by atoms with Crippen molar-refractivity contribution in [1.29, 1.82) is 0 Å². The molecule has 19 heavy (non-hydrogen) atoms. The van der Waals surface area contributed by atoms with E-state index in [0.717, 1.165) is 10.9 Å². The van der Waals surface area contributed by atoms with E-state index in [9.17, 15) is 9.59 Å². The second-order valence-corrected chi connectivity index (χ2v) is 4.11. The van der Waals surface area contributed by atoms with Crippen LogP contribution < -0.4 is 5.32 Å². The van der Waals surface area contributed by atoms with E-state index in [4.69, 9.17) is 4.74 Å². The van der Waals surface area contributed by atoms with Gasteiger partial charge in [-0.2, -0.15) is 0 Å². The van der Waals surface area contributed by atoms with Gasteiger partial charge in [0.2, 0.25) is 5.91 Å². The van der Waals surface area contributed by atoms with Crippen LogP contribution in [0.3, 0.4) is 0 Å². The van der Waals surface area contributed by atoms with Crippen LogP contribution in [0, 0.1) is 0 Å². The summed E-state index contributed by atoms with van der Waals surface area (Å²) in [5, 5.41) is 3.64. The zero-order valence-corrected chi connectivity index (χ0v) is 10.9. The van der Waals surface area contributed by atoms with Crippen LogP contribution in [0.1, 0.15) is 30.8 Å². The van der Waals surface area contributed by atoms with Crippen LogP contribution >= 0.6 is 0 Å². The topological polar surface area (TPSA) is 71.2 Å². The molecule has 0 atom stereocenters. The standard InChI is InChI=1S/C14H16N2O3/c1-3-13(17)15-10-5-6-11-9(7-10)8-12(16-11)14(18)19-4-2/h5-8,16H,3-4H2,1-2H3,(H,15,17). The lowest BCUT2D eigenvalue weighted by Gasteiger charge is -2.02. The van der Waals surface area contributed by atoms with Gasteiger partial charge in [0, 0.05) is 23.0 Å². The van der Waals surface area contributed by atoms with E-state index in [0.29, 0.717) is 24.4 Å². The average molecular weight is 260 g/mol. The first-order chi connectivity index (χ1) is 9.13. The van der Waals surface area contributed by atoms with Crippen LogP contribution in [-0.2, 0) is 9.53 Å². The van der Waals surface area contributed by atoms with Gasteiger partial charge >= 0.3 is 5.97 Å². The SMILES string of the molecule is CCOC(=O)c1cc2cc(NC(=O)CC)ccc2[nH]1. The van der Waals surface area contributed by atoms with E-state index in [1.807, 2.05) is 12.1 Å². The van der Waals surface area contributed by atoms with Gasteiger partial charge in [0.1, 0.15) is 5.69 Å². The third kappa shape index (κ3) is 2.93. The number of carbonyl (C=O) groups excluding carboxylic acids is 2. The molecular weight excluding hydrogens is 244 g/mol. The molecule has 1 aromatic heterocycles. The van der Waals surface area contributed by atoms with Crippen LogP contribution in [0.2, 0.25) is 0 Å². The smallest absolute Gasteiger partial charge is 0.354 e. The van der Waals surface area contributed by atoms with Crippen LogP contribution in [0.15, 0.2) is 24.3 Å². The van der Waals surface area contributed by atoms with Crippen LogP contribution in [-0.4, -0.2) is 23.5 Å². The second-order valence-electron chi connectivity index (χ2n) is 4.11. The molecule has 0 aliphatic heterocycles. The first-order valence-corrected chi connectivity index (χ1v) is 6.23.